The molecule has 6 nitrogen and oxygen atoms in total. The molecule has 1 atom stereocenters. The van der Waals surface area contributed by atoms with Crippen molar-refractivity contribution in [1.29, 1.82) is 0 Å². The zero-order valence-corrected chi connectivity index (χ0v) is 17.8. The van der Waals surface area contributed by atoms with E-state index in [9.17, 15) is 18.4 Å². The summed E-state index contributed by atoms with van der Waals surface area (Å²) in [4.78, 5) is 26.1. The van der Waals surface area contributed by atoms with Crippen LogP contribution in [0, 0.1) is 24.5 Å². The van der Waals surface area contributed by atoms with Gasteiger partial charge in [-0.1, -0.05) is 24.3 Å². The zero-order valence-electron chi connectivity index (χ0n) is 17.8. The van der Waals surface area contributed by atoms with Crippen LogP contribution in [0.4, 0.5) is 13.6 Å². The fourth-order valence-corrected chi connectivity index (χ4v) is 4.20. The van der Waals surface area contributed by atoms with Crippen LogP contribution in [-0.4, -0.2) is 15.4 Å². The van der Waals surface area contributed by atoms with Gasteiger partial charge >= 0.3 is 6.09 Å². The molecular weight excluding hydrogens is 428 g/mol. The highest BCUT2D eigenvalue weighted by Gasteiger charge is 2.34. The molecule has 1 amide bonds. The number of pyridine rings is 1. The predicted octanol–water partition coefficient (Wildman–Crippen LogP) is 4.94. The Hall–Kier alpha value is -3.94. The van der Waals surface area contributed by atoms with Gasteiger partial charge in [-0.25, -0.2) is 18.3 Å². The first kappa shape index (κ1) is 20.9. The maximum absolute atomic E-state index is 14.7. The molecule has 0 radical (unpaired) electrons. The molecule has 0 bridgehead atoms. The van der Waals surface area contributed by atoms with Gasteiger partial charge in [0.1, 0.15) is 11.6 Å². The van der Waals surface area contributed by atoms with Gasteiger partial charge in [-0.2, -0.15) is 0 Å². The first-order valence-corrected chi connectivity index (χ1v) is 10.7. The summed E-state index contributed by atoms with van der Waals surface area (Å²) >= 11 is 0. The summed E-state index contributed by atoms with van der Waals surface area (Å²) in [7, 11) is 0. The van der Waals surface area contributed by atoms with E-state index in [2.05, 4.69) is 5.32 Å². The molecule has 5 rings (SSSR count). The molecule has 0 spiro atoms. The highest BCUT2D eigenvalue weighted by atomic mass is 19.1. The lowest BCUT2D eigenvalue weighted by atomic mass is 10.0. The Balaban J connectivity index is 1.55. The summed E-state index contributed by atoms with van der Waals surface area (Å²) in [5.74, 6) is -0.837. The number of fused-ring (bicyclic) bond motifs is 1. The molecule has 1 N–H and O–H groups in total. The van der Waals surface area contributed by atoms with E-state index < -0.39 is 23.5 Å². The van der Waals surface area contributed by atoms with Crippen molar-refractivity contribution in [3.05, 3.63) is 100 Å². The second-order valence-electron chi connectivity index (χ2n) is 8.16. The second kappa shape index (κ2) is 8.20. The Labute approximate surface area is 188 Å². The molecule has 2 aromatic heterocycles. The maximum Gasteiger partial charge on any atom is 0.413 e. The van der Waals surface area contributed by atoms with Gasteiger partial charge in [-0.05, 0) is 61.6 Å². The summed E-state index contributed by atoms with van der Waals surface area (Å²) in [6, 6.07) is 13.3. The van der Waals surface area contributed by atoms with Gasteiger partial charge in [0.15, 0.2) is 5.75 Å². The third-order valence-electron chi connectivity index (χ3n) is 5.90. The van der Waals surface area contributed by atoms with E-state index in [4.69, 9.17) is 4.74 Å². The van der Waals surface area contributed by atoms with Crippen LogP contribution in [0.25, 0.3) is 10.8 Å². The number of nitrogens with zero attached hydrogens (tertiary/aromatic N) is 2. The molecule has 0 unspecified atom stereocenters. The number of amides is 1. The van der Waals surface area contributed by atoms with E-state index in [1.165, 1.54) is 33.6 Å². The minimum Gasteiger partial charge on any atom is -0.408 e. The smallest absolute Gasteiger partial charge is 0.408 e. The van der Waals surface area contributed by atoms with Gasteiger partial charge in [-0.15, -0.1) is 0 Å². The molecule has 8 heteroatoms. The fourth-order valence-electron chi connectivity index (χ4n) is 4.20. The molecule has 4 aromatic rings. The lowest BCUT2D eigenvalue weighted by Gasteiger charge is -2.21. The topological polar surface area (TPSA) is 65.3 Å². The first-order valence-electron chi connectivity index (χ1n) is 10.7. The van der Waals surface area contributed by atoms with Crippen molar-refractivity contribution in [3.8, 4) is 5.75 Å². The van der Waals surface area contributed by atoms with E-state index in [-0.39, 0.29) is 28.3 Å². The van der Waals surface area contributed by atoms with Crippen LogP contribution in [0.1, 0.15) is 30.1 Å². The number of ether oxygens (including phenoxy) is 1. The second-order valence-corrected chi connectivity index (χ2v) is 8.16. The minimum atomic E-state index is -0.762. The number of carbonyl (C=O) groups is 1. The van der Waals surface area contributed by atoms with E-state index >= 15 is 0 Å². The number of aromatic nitrogens is 2. The van der Waals surface area contributed by atoms with Crippen molar-refractivity contribution >= 4 is 16.9 Å². The highest BCUT2D eigenvalue weighted by Crippen LogP contribution is 2.41. The summed E-state index contributed by atoms with van der Waals surface area (Å²) in [5, 5.41) is 2.85. The molecule has 2 heterocycles. The quantitative estimate of drug-likeness (QED) is 0.469. The number of benzene rings is 2. The average Bonchev–Trinajstić information content (AvgIpc) is 3.49. The van der Waals surface area contributed by atoms with Gasteiger partial charge in [0.2, 0.25) is 0 Å². The molecule has 1 saturated carbocycles. The molecule has 1 aliphatic rings. The van der Waals surface area contributed by atoms with Gasteiger partial charge in [0, 0.05) is 17.8 Å². The molecule has 1 fully saturated rings. The Morgan fingerprint density at radius 3 is 2.52 bits per heavy atom. The number of hydrogen-bond donors (Lipinski definition) is 1. The molecule has 1 aliphatic carbocycles. The van der Waals surface area contributed by atoms with Crippen molar-refractivity contribution < 1.29 is 18.3 Å². The monoisotopic (exact) mass is 449 g/mol. The standard InChI is InChI=1S/C25H21F2N3O3/c1-15-23(33-25(32)28-22(16-10-11-16)17-6-4-7-18(26)14-17)19-8-5-9-20(27)21(19)24(31)30(15)29-12-2-3-13-29/h2-9,12-14,16,22H,10-11H2,1H3,(H,28,32)/t22-/m0/s1. The lowest BCUT2D eigenvalue weighted by molar-refractivity contribution is 0.194. The largest absolute Gasteiger partial charge is 0.413 e. The molecule has 168 valence electrons. The van der Waals surface area contributed by atoms with E-state index in [0.717, 1.165) is 12.8 Å². The Morgan fingerprint density at radius 1 is 1.09 bits per heavy atom. The number of rotatable bonds is 5. The van der Waals surface area contributed by atoms with E-state index in [1.807, 2.05) is 0 Å². The number of hydrogen-bond acceptors (Lipinski definition) is 3. The van der Waals surface area contributed by atoms with Gasteiger partial charge < -0.3 is 10.1 Å². The summed E-state index contributed by atoms with van der Waals surface area (Å²) in [5.41, 5.74) is 0.415. The maximum atomic E-state index is 14.7. The van der Waals surface area contributed by atoms with Crippen molar-refractivity contribution in [3.63, 3.8) is 0 Å². The van der Waals surface area contributed by atoms with Crippen molar-refractivity contribution in [2.45, 2.75) is 25.8 Å². The van der Waals surface area contributed by atoms with Crippen molar-refractivity contribution in [1.82, 2.24) is 14.7 Å². The number of carbonyl (C=O) groups excluding carboxylic acids is 1. The van der Waals surface area contributed by atoms with Crippen molar-refractivity contribution in [2.24, 2.45) is 5.92 Å². The van der Waals surface area contributed by atoms with Crippen LogP contribution in [0.3, 0.4) is 0 Å². The highest BCUT2D eigenvalue weighted by molar-refractivity contribution is 5.91. The van der Waals surface area contributed by atoms with E-state index in [1.54, 1.807) is 49.6 Å². The Morgan fingerprint density at radius 2 is 1.82 bits per heavy atom. The molecular formula is C25H21F2N3O3. The van der Waals surface area contributed by atoms with Gasteiger partial charge in [0.05, 0.1) is 17.1 Å². The van der Waals surface area contributed by atoms with Crippen LogP contribution in [0.5, 0.6) is 5.75 Å². The SMILES string of the molecule is Cc1c(OC(=O)N[C@H](c2cccc(F)c2)C2CC2)c2cccc(F)c2c(=O)n1-n1cccc1. The van der Waals surface area contributed by atoms with Crippen LogP contribution < -0.4 is 15.6 Å². The van der Waals surface area contributed by atoms with Crippen LogP contribution in [0.2, 0.25) is 0 Å². The van der Waals surface area contributed by atoms with Crippen molar-refractivity contribution in [2.75, 3.05) is 0 Å². The van der Waals surface area contributed by atoms with Crippen LogP contribution in [-0.2, 0) is 0 Å². The van der Waals surface area contributed by atoms with E-state index in [0.29, 0.717) is 11.3 Å². The third kappa shape index (κ3) is 3.88. The summed E-state index contributed by atoms with van der Waals surface area (Å²) in [6.07, 6.45) is 4.33. The van der Waals surface area contributed by atoms with Gasteiger partial charge in [0.25, 0.3) is 5.56 Å². The number of halogens is 2. The zero-order chi connectivity index (χ0) is 23.1. The third-order valence-corrected chi connectivity index (χ3v) is 5.90. The predicted molar refractivity (Wildman–Crippen MR) is 119 cm³/mol. The Kier molecular flexibility index (Phi) is 5.20. The lowest BCUT2D eigenvalue weighted by Crippen LogP contribution is -2.34. The van der Waals surface area contributed by atoms with Crippen LogP contribution >= 0.6 is 0 Å². The summed E-state index contributed by atoms with van der Waals surface area (Å²) < 4.78 is 36.9. The van der Waals surface area contributed by atoms with Gasteiger partial charge in [-0.3, -0.25) is 9.47 Å². The first-order chi connectivity index (χ1) is 15.9. The summed E-state index contributed by atoms with van der Waals surface area (Å²) in [6.45, 7) is 1.62. The molecule has 2 aromatic carbocycles. The molecule has 33 heavy (non-hydrogen) atoms. The number of nitrogens with one attached hydrogen (secondary N) is 1. The minimum absolute atomic E-state index is 0.0732. The average molecular weight is 449 g/mol. The molecule has 0 saturated heterocycles. The van der Waals surface area contributed by atoms with Crippen LogP contribution in [0.15, 0.2) is 71.8 Å². The Bertz CT molecular complexity index is 1410. The normalized spacial score (nSPS) is 14.3. The fraction of sp³-hybridized carbons (Fsp3) is 0.200. The molecule has 0 aliphatic heterocycles.